The average Bonchev–Trinajstić information content (AvgIpc) is 2.97. The minimum absolute atomic E-state index is 0. The number of halogens is 1. The van der Waals surface area contributed by atoms with E-state index < -0.39 is 0 Å². The van der Waals surface area contributed by atoms with Crippen molar-refractivity contribution in [1.82, 2.24) is 14.8 Å². The van der Waals surface area contributed by atoms with Crippen LogP contribution in [0.25, 0.3) is 0 Å². The zero-order chi connectivity index (χ0) is 13.1. The van der Waals surface area contributed by atoms with Gasteiger partial charge in [0.25, 0.3) is 0 Å². The first-order valence-corrected chi connectivity index (χ1v) is 7.09. The van der Waals surface area contributed by atoms with Crippen molar-refractivity contribution < 1.29 is 4.79 Å². The van der Waals surface area contributed by atoms with E-state index in [4.69, 9.17) is 0 Å². The molecule has 1 atom stereocenters. The van der Waals surface area contributed by atoms with Gasteiger partial charge in [-0.15, -0.1) is 12.4 Å². The minimum Gasteiger partial charge on any atom is -0.341 e. The van der Waals surface area contributed by atoms with Crippen molar-refractivity contribution in [3.05, 3.63) is 20.7 Å². The molecule has 1 unspecified atom stereocenters. The lowest BCUT2D eigenvalue weighted by atomic mass is 10.2. The second-order valence-corrected chi connectivity index (χ2v) is 5.52. The summed E-state index contributed by atoms with van der Waals surface area (Å²) in [6.45, 7) is 4.23. The molecule has 1 fully saturated rings. The molecule has 0 aliphatic carbocycles. The summed E-state index contributed by atoms with van der Waals surface area (Å²) in [5.41, 5.74) is 0.933. The normalized spacial score (nSPS) is 18.1. The van der Waals surface area contributed by atoms with Gasteiger partial charge in [0.1, 0.15) is 0 Å². The zero-order valence-corrected chi connectivity index (χ0v) is 12.9. The molecule has 1 aromatic rings. The molecule has 7 heteroatoms. The maximum absolute atomic E-state index is 12.0. The quantitative estimate of drug-likeness (QED) is 0.897. The van der Waals surface area contributed by atoms with Crippen molar-refractivity contribution in [2.45, 2.75) is 32.4 Å². The smallest absolute Gasteiger partial charge is 0.307 e. The van der Waals surface area contributed by atoms with Crippen LogP contribution in [0, 0.1) is 6.92 Å². The van der Waals surface area contributed by atoms with Gasteiger partial charge in [0.2, 0.25) is 5.91 Å². The number of aryl methyl sites for hydroxylation is 1. The number of amides is 1. The number of rotatable bonds is 4. The van der Waals surface area contributed by atoms with E-state index >= 15 is 0 Å². The predicted octanol–water partition coefficient (Wildman–Crippen LogP) is 0.850. The van der Waals surface area contributed by atoms with E-state index in [1.807, 2.05) is 24.3 Å². The van der Waals surface area contributed by atoms with E-state index in [1.54, 1.807) is 4.57 Å². The van der Waals surface area contributed by atoms with Gasteiger partial charge < -0.3 is 14.8 Å². The van der Waals surface area contributed by atoms with Gasteiger partial charge >= 0.3 is 4.87 Å². The molecule has 108 valence electrons. The maximum atomic E-state index is 12.0. The molecule has 1 aromatic heterocycles. The highest BCUT2D eigenvalue weighted by Crippen LogP contribution is 2.08. The van der Waals surface area contributed by atoms with Crippen LogP contribution in [-0.4, -0.2) is 41.6 Å². The summed E-state index contributed by atoms with van der Waals surface area (Å²) in [6.07, 6.45) is 1.41. The molecule has 1 amide bonds. The Bertz CT molecular complexity index is 480. The van der Waals surface area contributed by atoms with Crippen molar-refractivity contribution in [2.75, 3.05) is 20.1 Å². The van der Waals surface area contributed by atoms with Crippen molar-refractivity contribution >= 4 is 29.7 Å². The number of nitrogens with one attached hydrogen (secondary N) is 1. The van der Waals surface area contributed by atoms with Gasteiger partial charge in [0.15, 0.2) is 0 Å². The minimum atomic E-state index is 0. The van der Waals surface area contributed by atoms with Crippen LogP contribution in [0.2, 0.25) is 0 Å². The summed E-state index contributed by atoms with van der Waals surface area (Å²) in [7, 11) is 1.85. The van der Waals surface area contributed by atoms with Crippen molar-refractivity contribution in [1.29, 1.82) is 0 Å². The molecular formula is C12H20ClN3O2S. The lowest BCUT2D eigenvalue weighted by Crippen LogP contribution is -2.39. The Morgan fingerprint density at radius 2 is 2.37 bits per heavy atom. The van der Waals surface area contributed by atoms with Crippen LogP contribution >= 0.6 is 23.7 Å². The SMILES string of the molecule is Cc1csc(=O)n1CCC(=O)N(C)C1CCNC1.Cl. The van der Waals surface area contributed by atoms with E-state index in [2.05, 4.69) is 5.32 Å². The van der Waals surface area contributed by atoms with Crippen molar-refractivity contribution in [3.63, 3.8) is 0 Å². The van der Waals surface area contributed by atoms with E-state index in [9.17, 15) is 9.59 Å². The van der Waals surface area contributed by atoms with Crippen molar-refractivity contribution in [3.8, 4) is 0 Å². The summed E-state index contributed by atoms with van der Waals surface area (Å²) in [6, 6.07) is 0.304. The maximum Gasteiger partial charge on any atom is 0.307 e. The Morgan fingerprint density at radius 3 is 2.89 bits per heavy atom. The number of nitrogens with zero attached hydrogens (tertiary/aromatic N) is 2. The largest absolute Gasteiger partial charge is 0.341 e. The van der Waals surface area contributed by atoms with Crippen LogP contribution < -0.4 is 10.2 Å². The highest BCUT2D eigenvalue weighted by Gasteiger charge is 2.22. The van der Waals surface area contributed by atoms with Gasteiger partial charge in [-0.25, -0.2) is 0 Å². The Hall–Kier alpha value is -0.850. The van der Waals surface area contributed by atoms with Gasteiger partial charge in [0, 0.05) is 43.7 Å². The third-order valence-corrected chi connectivity index (χ3v) is 4.38. The molecule has 2 heterocycles. The molecule has 0 spiro atoms. The highest BCUT2D eigenvalue weighted by molar-refractivity contribution is 7.07. The number of hydrogen-bond acceptors (Lipinski definition) is 4. The number of aromatic nitrogens is 1. The molecule has 0 radical (unpaired) electrons. The molecule has 1 aliphatic rings. The molecule has 0 saturated carbocycles. The lowest BCUT2D eigenvalue weighted by Gasteiger charge is -2.23. The number of hydrogen-bond donors (Lipinski definition) is 1. The molecule has 19 heavy (non-hydrogen) atoms. The monoisotopic (exact) mass is 305 g/mol. The summed E-state index contributed by atoms with van der Waals surface area (Å²) < 4.78 is 1.67. The fraction of sp³-hybridized carbons (Fsp3) is 0.667. The van der Waals surface area contributed by atoms with Gasteiger partial charge in [-0.1, -0.05) is 11.3 Å². The van der Waals surface area contributed by atoms with Crippen LogP contribution in [0.15, 0.2) is 10.2 Å². The van der Waals surface area contributed by atoms with E-state index in [0.29, 0.717) is 19.0 Å². The number of carbonyl (C=O) groups excluding carboxylic acids is 1. The lowest BCUT2D eigenvalue weighted by molar-refractivity contribution is -0.131. The van der Waals surface area contributed by atoms with Crippen LogP contribution in [0.1, 0.15) is 18.5 Å². The average molecular weight is 306 g/mol. The second kappa shape index (κ2) is 7.07. The summed E-state index contributed by atoms with van der Waals surface area (Å²) >= 11 is 1.19. The molecular weight excluding hydrogens is 286 g/mol. The van der Waals surface area contributed by atoms with Crippen LogP contribution in [0.5, 0.6) is 0 Å². The van der Waals surface area contributed by atoms with E-state index in [-0.39, 0.29) is 23.2 Å². The zero-order valence-electron chi connectivity index (χ0n) is 11.2. The number of likely N-dealkylation sites (N-methyl/N-ethyl adjacent to an activating group) is 1. The third kappa shape index (κ3) is 3.81. The molecule has 1 aliphatic heterocycles. The predicted molar refractivity (Wildman–Crippen MR) is 79.2 cm³/mol. The fourth-order valence-electron chi connectivity index (χ4n) is 2.23. The Morgan fingerprint density at radius 1 is 1.63 bits per heavy atom. The molecule has 1 N–H and O–H groups in total. The Kier molecular flexibility index (Phi) is 6.03. The molecule has 1 saturated heterocycles. The Balaban J connectivity index is 0.00000180. The first-order valence-electron chi connectivity index (χ1n) is 6.21. The third-order valence-electron chi connectivity index (χ3n) is 3.50. The van der Waals surface area contributed by atoms with Gasteiger partial charge in [-0.3, -0.25) is 9.59 Å². The van der Waals surface area contributed by atoms with Crippen LogP contribution in [0.4, 0.5) is 0 Å². The second-order valence-electron chi connectivity index (χ2n) is 4.70. The molecule has 0 aromatic carbocycles. The fourth-order valence-corrected chi connectivity index (χ4v) is 2.99. The summed E-state index contributed by atoms with van der Waals surface area (Å²) in [5.74, 6) is 0.112. The standard InChI is InChI=1S/C12H19N3O2S.ClH/c1-9-8-18-12(17)15(9)6-4-11(16)14(2)10-3-5-13-7-10;/h8,10,13H,3-7H2,1-2H3;1H. The Labute approximate surface area is 123 Å². The topological polar surface area (TPSA) is 54.3 Å². The van der Waals surface area contributed by atoms with E-state index in [1.165, 1.54) is 11.3 Å². The molecule has 0 bridgehead atoms. The molecule has 2 rings (SSSR count). The number of carbonyl (C=O) groups is 1. The van der Waals surface area contributed by atoms with Crippen LogP contribution in [0.3, 0.4) is 0 Å². The molecule has 5 nitrogen and oxygen atoms in total. The van der Waals surface area contributed by atoms with Crippen LogP contribution in [-0.2, 0) is 11.3 Å². The first kappa shape index (κ1) is 16.2. The summed E-state index contributed by atoms with van der Waals surface area (Å²) in [5, 5.41) is 5.08. The van der Waals surface area contributed by atoms with Crippen molar-refractivity contribution in [2.24, 2.45) is 0 Å². The summed E-state index contributed by atoms with van der Waals surface area (Å²) in [4.78, 5) is 25.4. The highest BCUT2D eigenvalue weighted by atomic mass is 35.5. The van der Waals surface area contributed by atoms with Gasteiger partial charge in [0.05, 0.1) is 0 Å². The van der Waals surface area contributed by atoms with Gasteiger partial charge in [-0.2, -0.15) is 0 Å². The van der Waals surface area contributed by atoms with E-state index in [0.717, 1.165) is 25.2 Å². The first-order chi connectivity index (χ1) is 8.59. The number of thiazole rings is 1. The van der Waals surface area contributed by atoms with Gasteiger partial charge in [-0.05, 0) is 19.9 Å².